The van der Waals surface area contributed by atoms with Crippen molar-refractivity contribution < 1.29 is 15.0 Å². The molecular formula is C19H18N2O3. The number of hydrogen-bond acceptors (Lipinski definition) is 4. The van der Waals surface area contributed by atoms with Crippen LogP contribution in [-0.2, 0) is 11.2 Å². The Morgan fingerprint density at radius 2 is 1.83 bits per heavy atom. The lowest BCUT2D eigenvalue weighted by atomic mass is 9.79. The molecule has 0 spiro atoms. The van der Waals surface area contributed by atoms with Crippen LogP contribution in [0.15, 0.2) is 41.5 Å². The maximum absolute atomic E-state index is 12.5. The number of phenolic OH excluding ortho intramolecular Hbond substituents is 2. The molecule has 1 amide bonds. The first-order valence-electron chi connectivity index (χ1n) is 8.06. The Hall–Kier alpha value is -2.82. The number of anilines is 1. The summed E-state index contributed by atoms with van der Waals surface area (Å²) in [5, 5.41) is 25.6. The lowest BCUT2D eigenvalue weighted by Gasteiger charge is -2.33. The number of hydrazone groups is 1. The van der Waals surface area contributed by atoms with Crippen LogP contribution >= 0.6 is 0 Å². The minimum atomic E-state index is -0.157. The maximum Gasteiger partial charge on any atom is 0.248 e. The van der Waals surface area contributed by atoms with E-state index in [4.69, 9.17) is 0 Å². The highest BCUT2D eigenvalue weighted by Crippen LogP contribution is 2.38. The summed E-state index contributed by atoms with van der Waals surface area (Å²) in [5.41, 5.74) is 4.46. The summed E-state index contributed by atoms with van der Waals surface area (Å²) in [7, 11) is 0. The zero-order valence-electron chi connectivity index (χ0n) is 13.4. The van der Waals surface area contributed by atoms with Crippen molar-refractivity contribution in [3.8, 4) is 11.5 Å². The average Bonchev–Trinajstić information content (AvgIpc) is 2.56. The SMILES string of the molecule is Cc1ccc(N2N=C3c4cc(O)c(O)cc4CCC3CC2=O)cc1. The van der Waals surface area contributed by atoms with Gasteiger partial charge in [-0.2, -0.15) is 5.10 Å². The Morgan fingerprint density at radius 3 is 2.58 bits per heavy atom. The third-order valence-corrected chi connectivity index (χ3v) is 4.77. The van der Waals surface area contributed by atoms with Crippen molar-refractivity contribution in [3.05, 3.63) is 53.1 Å². The molecule has 2 N–H and O–H groups in total. The Bertz CT molecular complexity index is 856. The van der Waals surface area contributed by atoms with Crippen molar-refractivity contribution in [1.82, 2.24) is 0 Å². The maximum atomic E-state index is 12.5. The third kappa shape index (κ3) is 2.33. The number of phenols is 2. The molecule has 1 aliphatic heterocycles. The number of carbonyl (C=O) groups is 1. The van der Waals surface area contributed by atoms with E-state index in [1.165, 1.54) is 5.01 Å². The highest BCUT2D eigenvalue weighted by atomic mass is 16.3. The van der Waals surface area contributed by atoms with Gasteiger partial charge in [-0.1, -0.05) is 17.7 Å². The van der Waals surface area contributed by atoms with E-state index < -0.39 is 0 Å². The molecule has 122 valence electrons. The molecule has 0 fully saturated rings. The van der Waals surface area contributed by atoms with Gasteiger partial charge in [-0.15, -0.1) is 0 Å². The molecule has 0 saturated heterocycles. The van der Waals surface area contributed by atoms with Gasteiger partial charge in [0.25, 0.3) is 0 Å². The first kappa shape index (κ1) is 14.8. The van der Waals surface area contributed by atoms with Crippen LogP contribution in [0.3, 0.4) is 0 Å². The molecule has 0 aromatic heterocycles. The molecule has 4 rings (SSSR count). The zero-order valence-corrected chi connectivity index (χ0v) is 13.4. The highest BCUT2D eigenvalue weighted by molar-refractivity contribution is 6.11. The predicted octanol–water partition coefficient (Wildman–Crippen LogP) is 3.11. The fourth-order valence-corrected chi connectivity index (χ4v) is 3.43. The molecule has 2 aliphatic rings. The van der Waals surface area contributed by atoms with Crippen LogP contribution in [-0.4, -0.2) is 21.8 Å². The number of carbonyl (C=O) groups excluding carboxylic acids is 1. The first-order chi connectivity index (χ1) is 11.5. The van der Waals surface area contributed by atoms with Gasteiger partial charge in [0.05, 0.1) is 11.4 Å². The molecule has 5 heteroatoms. The van der Waals surface area contributed by atoms with Crippen molar-refractivity contribution >= 4 is 17.3 Å². The van der Waals surface area contributed by atoms with Crippen LogP contribution in [0.1, 0.15) is 29.5 Å². The van der Waals surface area contributed by atoms with Crippen LogP contribution in [0.2, 0.25) is 0 Å². The number of amides is 1. The minimum Gasteiger partial charge on any atom is -0.504 e. The van der Waals surface area contributed by atoms with Gasteiger partial charge in [-0.3, -0.25) is 4.79 Å². The van der Waals surface area contributed by atoms with Crippen LogP contribution in [0, 0.1) is 12.8 Å². The summed E-state index contributed by atoms with van der Waals surface area (Å²) in [6.45, 7) is 2.00. The Kier molecular flexibility index (Phi) is 3.30. The third-order valence-electron chi connectivity index (χ3n) is 4.77. The Labute approximate surface area is 139 Å². The van der Waals surface area contributed by atoms with Crippen molar-refractivity contribution in [2.75, 3.05) is 5.01 Å². The second kappa shape index (κ2) is 5.37. The summed E-state index contributed by atoms with van der Waals surface area (Å²) in [5.74, 6) is -0.222. The van der Waals surface area contributed by atoms with Gasteiger partial charge in [-0.25, -0.2) is 5.01 Å². The van der Waals surface area contributed by atoms with Gasteiger partial charge in [0, 0.05) is 17.9 Å². The van der Waals surface area contributed by atoms with E-state index in [0.29, 0.717) is 6.42 Å². The molecule has 0 radical (unpaired) electrons. The molecule has 5 nitrogen and oxygen atoms in total. The van der Waals surface area contributed by atoms with E-state index in [-0.39, 0.29) is 23.3 Å². The number of rotatable bonds is 1. The number of benzene rings is 2. The lowest BCUT2D eigenvalue weighted by molar-refractivity contribution is -0.119. The average molecular weight is 322 g/mol. The first-order valence-corrected chi connectivity index (χ1v) is 8.06. The fourth-order valence-electron chi connectivity index (χ4n) is 3.43. The monoisotopic (exact) mass is 322 g/mol. The van der Waals surface area contributed by atoms with Crippen LogP contribution in [0.25, 0.3) is 0 Å². The summed E-state index contributed by atoms with van der Waals surface area (Å²) in [6.07, 6.45) is 2.00. The van der Waals surface area contributed by atoms with Gasteiger partial charge in [0.2, 0.25) is 5.91 Å². The van der Waals surface area contributed by atoms with E-state index in [1.807, 2.05) is 31.2 Å². The number of aryl methyl sites for hydroxylation is 2. The molecule has 1 heterocycles. The van der Waals surface area contributed by atoms with Gasteiger partial charge in [-0.05, 0) is 49.6 Å². The van der Waals surface area contributed by atoms with Crippen molar-refractivity contribution in [2.24, 2.45) is 11.0 Å². The predicted molar refractivity (Wildman–Crippen MR) is 91.4 cm³/mol. The molecule has 1 unspecified atom stereocenters. The smallest absolute Gasteiger partial charge is 0.248 e. The second-order valence-corrected chi connectivity index (χ2v) is 6.46. The van der Waals surface area contributed by atoms with E-state index in [0.717, 1.165) is 40.9 Å². The molecular weight excluding hydrogens is 304 g/mol. The van der Waals surface area contributed by atoms with Crippen LogP contribution in [0.5, 0.6) is 11.5 Å². The van der Waals surface area contributed by atoms with Gasteiger partial charge >= 0.3 is 0 Å². The lowest BCUT2D eigenvalue weighted by Crippen LogP contribution is -2.39. The number of nitrogens with zero attached hydrogens (tertiary/aromatic N) is 2. The largest absolute Gasteiger partial charge is 0.504 e. The molecule has 0 saturated carbocycles. The Balaban J connectivity index is 1.82. The number of hydrogen-bond donors (Lipinski definition) is 2. The van der Waals surface area contributed by atoms with Crippen molar-refractivity contribution in [3.63, 3.8) is 0 Å². The van der Waals surface area contributed by atoms with Crippen molar-refractivity contribution in [1.29, 1.82) is 0 Å². The highest BCUT2D eigenvalue weighted by Gasteiger charge is 2.35. The van der Waals surface area contributed by atoms with Gasteiger partial charge in [0.1, 0.15) is 0 Å². The minimum absolute atomic E-state index is 0.0148. The van der Waals surface area contributed by atoms with E-state index in [9.17, 15) is 15.0 Å². The molecule has 1 atom stereocenters. The summed E-state index contributed by atoms with van der Waals surface area (Å²) in [4.78, 5) is 12.5. The summed E-state index contributed by atoms with van der Waals surface area (Å²) in [6, 6.07) is 10.8. The van der Waals surface area contributed by atoms with Gasteiger partial charge < -0.3 is 10.2 Å². The summed E-state index contributed by atoms with van der Waals surface area (Å²) >= 11 is 0. The zero-order chi connectivity index (χ0) is 16.8. The topological polar surface area (TPSA) is 73.1 Å². The summed E-state index contributed by atoms with van der Waals surface area (Å²) < 4.78 is 0. The van der Waals surface area contributed by atoms with E-state index in [2.05, 4.69) is 5.10 Å². The Morgan fingerprint density at radius 1 is 1.12 bits per heavy atom. The number of fused-ring (bicyclic) bond motifs is 3. The van der Waals surface area contributed by atoms with E-state index >= 15 is 0 Å². The number of aromatic hydroxyl groups is 2. The molecule has 24 heavy (non-hydrogen) atoms. The van der Waals surface area contributed by atoms with Gasteiger partial charge in [0.15, 0.2) is 11.5 Å². The van der Waals surface area contributed by atoms with E-state index in [1.54, 1.807) is 12.1 Å². The standard InChI is InChI=1S/C19H18N2O3/c1-11-2-6-14(7-3-11)21-18(24)9-13-5-4-12-8-16(22)17(23)10-15(12)19(13)20-21/h2-3,6-8,10,13,22-23H,4-5,9H2,1H3. The normalized spacial score (nSPS) is 19.5. The quantitative estimate of drug-likeness (QED) is 0.792. The van der Waals surface area contributed by atoms with Crippen molar-refractivity contribution in [2.45, 2.75) is 26.2 Å². The molecule has 0 bridgehead atoms. The van der Waals surface area contributed by atoms with Crippen LogP contribution < -0.4 is 5.01 Å². The molecule has 2 aromatic rings. The van der Waals surface area contributed by atoms with Crippen LogP contribution in [0.4, 0.5) is 5.69 Å². The fraction of sp³-hybridized carbons (Fsp3) is 0.263. The second-order valence-electron chi connectivity index (χ2n) is 6.46. The molecule has 1 aliphatic carbocycles. The molecule has 2 aromatic carbocycles.